The topological polar surface area (TPSA) is 94.8 Å². The van der Waals surface area contributed by atoms with Crippen LogP contribution in [0.15, 0.2) is 12.1 Å². The number of benzene rings is 1. The van der Waals surface area contributed by atoms with E-state index in [0.717, 1.165) is 0 Å². The highest BCUT2D eigenvalue weighted by molar-refractivity contribution is 6.04. The zero-order valence-electron chi connectivity index (χ0n) is 12.9. The van der Waals surface area contributed by atoms with E-state index in [-0.39, 0.29) is 41.6 Å². The minimum absolute atomic E-state index is 0.0308. The summed E-state index contributed by atoms with van der Waals surface area (Å²) >= 11 is 0. The van der Waals surface area contributed by atoms with Gasteiger partial charge in [-0.2, -0.15) is 0 Å². The molecule has 3 atom stereocenters. The molecule has 0 bridgehead atoms. The standard InChI is InChI=1S/C17H20O5/c1-16(2)7-11(20)15(22)17(3)8-4-5-9(18)14(21)13(8)10(19)6-12(16)17/h4-5,12,15,18,21-22H,6-7H2,1-3H3/t12-,15+,17+/m0/s1. The number of hydrogen-bond acceptors (Lipinski definition) is 5. The third-order valence-corrected chi connectivity index (χ3v) is 5.58. The maximum absolute atomic E-state index is 12.5. The fourth-order valence-electron chi connectivity index (χ4n) is 4.43. The van der Waals surface area contributed by atoms with E-state index in [9.17, 15) is 24.9 Å². The fraction of sp³-hybridized carbons (Fsp3) is 0.529. The van der Waals surface area contributed by atoms with Crippen LogP contribution in [0.1, 0.15) is 49.5 Å². The van der Waals surface area contributed by atoms with Gasteiger partial charge in [0.1, 0.15) is 6.10 Å². The van der Waals surface area contributed by atoms with E-state index >= 15 is 0 Å². The van der Waals surface area contributed by atoms with Gasteiger partial charge in [-0.05, 0) is 23.0 Å². The van der Waals surface area contributed by atoms with Crippen LogP contribution in [0.25, 0.3) is 0 Å². The molecule has 1 aromatic carbocycles. The van der Waals surface area contributed by atoms with Gasteiger partial charge in [0.05, 0.1) is 5.56 Å². The lowest BCUT2D eigenvalue weighted by atomic mass is 9.48. The molecule has 5 heteroatoms. The van der Waals surface area contributed by atoms with Crippen molar-refractivity contribution in [3.63, 3.8) is 0 Å². The third kappa shape index (κ3) is 1.69. The minimum Gasteiger partial charge on any atom is -0.504 e. The molecule has 3 rings (SSSR count). The number of phenols is 2. The summed E-state index contributed by atoms with van der Waals surface area (Å²) in [5.41, 5.74) is -0.903. The van der Waals surface area contributed by atoms with E-state index in [0.29, 0.717) is 5.56 Å². The summed E-state index contributed by atoms with van der Waals surface area (Å²) in [6, 6.07) is 2.83. The molecule has 3 N–H and O–H groups in total. The average molecular weight is 304 g/mol. The van der Waals surface area contributed by atoms with Gasteiger partial charge in [0, 0.05) is 18.3 Å². The van der Waals surface area contributed by atoms with Crippen LogP contribution in [-0.2, 0) is 10.2 Å². The molecule has 2 aliphatic rings. The molecule has 1 aromatic rings. The van der Waals surface area contributed by atoms with Gasteiger partial charge in [0.25, 0.3) is 0 Å². The Labute approximate surface area is 128 Å². The van der Waals surface area contributed by atoms with Crippen LogP contribution in [0.5, 0.6) is 11.5 Å². The van der Waals surface area contributed by atoms with Gasteiger partial charge >= 0.3 is 0 Å². The van der Waals surface area contributed by atoms with Crippen molar-refractivity contribution in [3.8, 4) is 11.5 Å². The lowest BCUT2D eigenvalue weighted by molar-refractivity contribution is -0.145. The summed E-state index contributed by atoms with van der Waals surface area (Å²) in [6.45, 7) is 5.62. The zero-order chi connectivity index (χ0) is 16.4. The number of fused-ring (bicyclic) bond motifs is 3. The van der Waals surface area contributed by atoms with Gasteiger partial charge in [0.2, 0.25) is 0 Å². The highest BCUT2D eigenvalue weighted by Crippen LogP contribution is 2.57. The van der Waals surface area contributed by atoms with E-state index in [1.807, 2.05) is 13.8 Å². The molecular formula is C17H20O5. The molecule has 5 nitrogen and oxygen atoms in total. The Bertz CT molecular complexity index is 691. The maximum Gasteiger partial charge on any atom is 0.168 e. The summed E-state index contributed by atoms with van der Waals surface area (Å²) in [6.07, 6.45) is -0.861. The summed E-state index contributed by atoms with van der Waals surface area (Å²) in [4.78, 5) is 24.8. The molecule has 22 heavy (non-hydrogen) atoms. The molecule has 118 valence electrons. The van der Waals surface area contributed by atoms with E-state index in [4.69, 9.17) is 0 Å². The summed E-state index contributed by atoms with van der Waals surface area (Å²) < 4.78 is 0. The predicted molar refractivity (Wildman–Crippen MR) is 79.0 cm³/mol. The first-order valence-corrected chi connectivity index (χ1v) is 7.40. The quantitative estimate of drug-likeness (QED) is 0.637. The van der Waals surface area contributed by atoms with Crippen LogP contribution in [0, 0.1) is 11.3 Å². The number of aromatic hydroxyl groups is 2. The van der Waals surface area contributed by atoms with Gasteiger partial charge < -0.3 is 15.3 Å². The molecular weight excluding hydrogens is 284 g/mol. The largest absolute Gasteiger partial charge is 0.504 e. The first-order valence-electron chi connectivity index (χ1n) is 7.40. The third-order valence-electron chi connectivity index (χ3n) is 5.58. The molecule has 0 amide bonds. The number of Topliss-reactive ketones (excluding diaryl/α,β-unsaturated/α-hetero) is 2. The number of ketones is 2. The van der Waals surface area contributed by atoms with Gasteiger partial charge in [0.15, 0.2) is 23.1 Å². The fourth-order valence-corrected chi connectivity index (χ4v) is 4.43. The normalized spacial score (nSPS) is 33.3. The van der Waals surface area contributed by atoms with Crippen LogP contribution >= 0.6 is 0 Å². The highest BCUT2D eigenvalue weighted by atomic mass is 16.3. The van der Waals surface area contributed by atoms with E-state index in [2.05, 4.69) is 0 Å². The molecule has 1 fully saturated rings. The van der Waals surface area contributed by atoms with Crippen molar-refractivity contribution < 1.29 is 24.9 Å². The van der Waals surface area contributed by atoms with Crippen molar-refractivity contribution in [1.82, 2.24) is 0 Å². The lowest BCUT2D eigenvalue weighted by Gasteiger charge is -2.55. The van der Waals surface area contributed by atoms with Crippen molar-refractivity contribution in [3.05, 3.63) is 23.3 Å². The predicted octanol–water partition coefficient (Wildman–Crippen LogP) is 1.92. The monoisotopic (exact) mass is 304 g/mol. The Morgan fingerprint density at radius 3 is 2.41 bits per heavy atom. The Balaban J connectivity index is 2.32. The Kier molecular flexibility index (Phi) is 2.95. The minimum atomic E-state index is -1.22. The van der Waals surface area contributed by atoms with Crippen molar-refractivity contribution >= 4 is 11.6 Å². The van der Waals surface area contributed by atoms with Crippen LogP contribution < -0.4 is 0 Å². The zero-order valence-corrected chi connectivity index (χ0v) is 12.9. The van der Waals surface area contributed by atoms with Crippen LogP contribution in [0.3, 0.4) is 0 Å². The number of carbonyl (C=O) groups is 2. The number of carbonyl (C=O) groups excluding carboxylic acids is 2. The van der Waals surface area contributed by atoms with E-state index < -0.39 is 22.7 Å². The average Bonchev–Trinajstić information content (AvgIpc) is 2.42. The summed E-state index contributed by atoms with van der Waals surface area (Å²) in [5.74, 6) is -1.57. The second kappa shape index (κ2) is 4.32. The molecule has 0 radical (unpaired) electrons. The van der Waals surface area contributed by atoms with Crippen molar-refractivity contribution in [1.29, 1.82) is 0 Å². The number of hydrogen-bond donors (Lipinski definition) is 3. The summed E-state index contributed by atoms with van der Waals surface area (Å²) in [7, 11) is 0. The second-order valence-electron chi connectivity index (χ2n) is 7.35. The first-order chi connectivity index (χ1) is 10.1. The Morgan fingerprint density at radius 1 is 1.14 bits per heavy atom. The van der Waals surface area contributed by atoms with E-state index in [1.54, 1.807) is 6.92 Å². The lowest BCUT2D eigenvalue weighted by Crippen LogP contribution is -2.60. The number of aliphatic hydroxyl groups excluding tert-OH is 1. The molecule has 0 unspecified atom stereocenters. The number of rotatable bonds is 0. The smallest absolute Gasteiger partial charge is 0.168 e. The molecule has 0 heterocycles. The molecule has 1 saturated carbocycles. The summed E-state index contributed by atoms with van der Waals surface area (Å²) in [5, 5.41) is 30.3. The molecule has 2 aliphatic carbocycles. The number of phenolic OH excluding ortho intramolecular Hbond substituents is 2. The van der Waals surface area contributed by atoms with Crippen molar-refractivity contribution in [2.75, 3.05) is 0 Å². The highest BCUT2D eigenvalue weighted by Gasteiger charge is 2.59. The first kappa shape index (κ1) is 15.0. The maximum atomic E-state index is 12.5. The SMILES string of the molecule is CC1(C)CC(=O)[C@@H](O)[C@]2(C)c3ccc(O)c(O)c3C(=O)C[C@@H]12. The van der Waals surface area contributed by atoms with Crippen LogP contribution in [0.2, 0.25) is 0 Å². The molecule has 0 spiro atoms. The van der Waals surface area contributed by atoms with Gasteiger partial charge in [-0.25, -0.2) is 0 Å². The molecule has 0 aliphatic heterocycles. The van der Waals surface area contributed by atoms with Crippen LogP contribution in [-0.4, -0.2) is 33.0 Å². The number of aliphatic hydroxyl groups is 1. The van der Waals surface area contributed by atoms with Gasteiger partial charge in [-0.15, -0.1) is 0 Å². The second-order valence-corrected chi connectivity index (χ2v) is 7.35. The van der Waals surface area contributed by atoms with Gasteiger partial charge in [-0.1, -0.05) is 26.8 Å². The Morgan fingerprint density at radius 2 is 1.77 bits per heavy atom. The van der Waals surface area contributed by atoms with Crippen molar-refractivity contribution in [2.45, 2.75) is 45.1 Å². The van der Waals surface area contributed by atoms with Crippen molar-refractivity contribution in [2.24, 2.45) is 11.3 Å². The van der Waals surface area contributed by atoms with Crippen LogP contribution in [0.4, 0.5) is 0 Å². The Hall–Kier alpha value is -1.88. The molecule has 0 aromatic heterocycles. The van der Waals surface area contributed by atoms with E-state index in [1.165, 1.54) is 12.1 Å². The molecule has 0 saturated heterocycles. The van der Waals surface area contributed by atoms with Gasteiger partial charge in [-0.3, -0.25) is 9.59 Å².